The highest BCUT2D eigenvalue weighted by atomic mass is 16.1. The maximum absolute atomic E-state index is 12.8. The van der Waals surface area contributed by atoms with Crippen LogP contribution in [0.4, 0.5) is 5.82 Å². The molecule has 1 aliphatic heterocycles. The SMILES string of the molecule is Cc1ncc(C(=O)NCCc2ccc(CN3CCN([11CH3])CC3)cc2)c(NCC(C)(C)C)n1. The van der Waals surface area contributed by atoms with Crippen molar-refractivity contribution in [2.24, 2.45) is 5.41 Å². The summed E-state index contributed by atoms with van der Waals surface area (Å²) >= 11 is 0. The molecular weight excluding hydrogens is 399 g/mol. The van der Waals surface area contributed by atoms with Crippen LogP contribution < -0.4 is 10.6 Å². The summed E-state index contributed by atoms with van der Waals surface area (Å²) < 4.78 is 0. The molecule has 1 aromatic heterocycles. The molecule has 2 N–H and O–H groups in total. The van der Waals surface area contributed by atoms with Crippen molar-refractivity contribution in [2.45, 2.75) is 40.7 Å². The lowest BCUT2D eigenvalue weighted by molar-refractivity contribution is 0.0954. The van der Waals surface area contributed by atoms with Gasteiger partial charge in [-0.3, -0.25) is 9.69 Å². The van der Waals surface area contributed by atoms with Crippen molar-refractivity contribution in [3.05, 3.63) is 53.0 Å². The molecule has 0 bridgehead atoms. The van der Waals surface area contributed by atoms with Gasteiger partial charge < -0.3 is 15.5 Å². The summed E-state index contributed by atoms with van der Waals surface area (Å²) in [5, 5.41) is 6.32. The molecule has 1 saturated heterocycles. The first-order chi connectivity index (χ1) is 15.2. The van der Waals surface area contributed by atoms with E-state index in [1.165, 1.54) is 11.1 Å². The molecule has 1 fully saturated rings. The molecule has 3 rings (SSSR count). The van der Waals surface area contributed by atoms with Crippen LogP contribution in [0.1, 0.15) is 48.1 Å². The Morgan fingerprint density at radius 2 is 1.72 bits per heavy atom. The number of rotatable bonds is 8. The number of nitrogens with zero attached hydrogens (tertiary/aromatic N) is 4. The van der Waals surface area contributed by atoms with Crippen molar-refractivity contribution in [2.75, 3.05) is 51.6 Å². The number of nitrogens with one attached hydrogen (secondary N) is 2. The number of hydrogen-bond acceptors (Lipinski definition) is 6. The van der Waals surface area contributed by atoms with Crippen molar-refractivity contribution >= 4 is 11.7 Å². The number of anilines is 1. The van der Waals surface area contributed by atoms with Gasteiger partial charge in [-0.15, -0.1) is 0 Å². The van der Waals surface area contributed by atoms with Crippen molar-refractivity contribution in [3.63, 3.8) is 0 Å². The predicted molar refractivity (Wildman–Crippen MR) is 130 cm³/mol. The molecule has 7 heteroatoms. The molecule has 0 radical (unpaired) electrons. The standard InChI is InChI=1S/C25H38N6O/c1-19-27-16-22(23(29-19)28-18-25(2,3)4)24(32)26-11-10-20-6-8-21(9-7-20)17-31-14-12-30(5)13-15-31/h6-9,16H,10-15,17-18H2,1-5H3,(H,26,32)(H,27,28,29)/i5-1. The fourth-order valence-corrected chi connectivity index (χ4v) is 3.61. The van der Waals surface area contributed by atoms with Gasteiger partial charge in [0.25, 0.3) is 5.91 Å². The maximum Gasteiger partial charge on any atom is 0.256 e. The summed E-state index contributed by atoms with van der Waals surface area (Å²) in [5.74, 6) is 1.10. The Morgan fingerprint density at radius 3 is 2.38 bits per heavy atom. The van der Waals surface area contributed by atoms with Crippen molar-refractivity contribution in [1.29, 1.82) is 0 Å². The Kier molecular flexibility index (Phi) is 8.21. The Bertz CT molecular complexity index is 882. The van der Waals surface area contributed by atoms with Gasteiger partial charge in [0.2, 0.25) is 0 Å². The van der Waals surface area contributed by atoms with E-state index < -0.39 is 0 Å². The van der Waals surface area contributed by atoms with Crippen LogP contribution in [0.15, 0.2) is 30.5 Å². The highest BCUT2D eigenvalue weighted by Crippen LogP contribution is 2.17. The molecule has 0 spiro atoms. The molecule has 1 amide bonds. The summed E-state index contributed by atoms with van der Waals surface area (Å²) in [6.45, 7) is 15.1. The number of carbonyl (C=O) groups excluding carboxylic acids is 1. The van der Waals surface area contributed by atoms with Gasteiger partial charge in [-0.25, -0.2) is 9.97 Å². The Morgan fingerprint density at radius 1 is 1.06 bits per heavy atom. The molecule has 174 valence electrons. The zero-order chi connectivity index (χ0) is 23.1. The van der Waals surface area contributed by atoms with Crippen LogP contribution in [0, 0.1) is 12.3 Å². The minimum absolute atomic E-state index is 0.0864. The number of benzene rings is 1. The topological polar surface area (TPSA) is 73.4 Å². The van der Waals surface area contributed by atoms with Crippen LogP contribution in [0.25, 0.3) is 0 Å². The Labute approximate surface area is 192 Å². The number of aryl methyl sites for hydroxylation is 1. The van der Waals surface area contributed by atoms with E-state index in [1.807, 2.05) is 6.92 Å². The lowest BCUT2D eigenvalue weighted by Gasteiger charge is -2.32. The third-order valence-corrected chi connectivity index (χ3v) is 5.66. The largest absolute Gasteiger partial charge is 0.369 e. The van der Waals surface area contributed by atoms with E-state index in [1.54, 1.807) is 6.20 Å². The molecule has 1 aliphatic rings. The number of carbonyl (C=O) groups is 1. The average molecular weight is 438 g/mol. The third kappa shape index (κ3) is 7.57. The van der Waals surface area contributed by atoms with Crippen LogP contribution in [0.3, 0.4) is 0 Å². The molecule has 0 aliphatic carbocycles. The van der Waals surface area contributed by atoms with Crippen LogP contribution >= 0.6 is 0 Å². The molecule has 2 heterocycles. The summed E-state index contributed by atoms with van der Waals surface area (Å²) in [5.41, 5.74) is 3.14. The highest BCUT2D eigenvalue weighted by molar-refractivity contribution is 5.98. The molecular formula is C25H38N6O. The number of piperazine rings is 1. The summed E-state index contributed by atoms with van der Waals surface area (Å²) in [7, 11) is 2.18. The van der Waals surface area contributed by atoms with E-state index in [0.717, 1.165) is 45.7 Å². The summed E-state index contributed by atoms with van der Waals surface area (Å²) in [6.07, 6.45) is 2.40. The number of likely N-dealkylation sites (N-methyl/N-ethyl adjacent to an activating group) is 1. The van der Waals surface area contributed by atoms with Crippen LogP contribution in [-0.4, -0.2) is 72.0 Å². The average Bonchev–Trinajstić information content (AvgIpc) is 2.74. The third-order valence-electron chi connectivity index (χ3n) is 5.66. The molecule has 0 saturated carbocycles. The summed E-state index contributed by atoms with van der Waals surface area (Å²) in [4.78, 5) is 26.3. The smallest absolute Gasteiger partial charge is 0.256 e. The lowest BCUT2D eigenvalue weighted by Crippen LogP contribution is -2.43. The van der Waals surface area contributed by atoms with Crippen molar-refractivity contribution < 1.29 is 4.79 Å². The molecule has 7 nitrogen and oxygen atoms in total. The highest BCUT2D eigenvalue weighted by Gasteiger charge is 2.17. The second kappa shape index (κ2) is 10.9. The van der Waals surface area contributed by atoms with Gasteiger partial charge in [0.15, 0.2) is 0 Å². The van der Waals surface area contributed by atoms with Gasteiger partial charge in [-0.2, -0.15) is 0 Å². The van der Waals surface area contributed by atoms with E-state index in [2.05, 4.69) is 82.5 Å². The van der Waals surface area contributed by atoms with Gasteiger partial charge in [0, 0.05) is 52.0 Å². The van der Waals surface area contributed by atoms with Crippen molar-refractivity contribution in [3.8, 4) is 0 Å². The van der Waals surface area contributed by atoms with E-state index in [9.17, 15) is 4.79 Å². The number of amides is 1. The van der Waals surface area contributed by atoms with Crippen LogP contribution in [0.5, 0.6) is 0 Å². The Balaban J connectivity index is 1.49. The van der Waals surface area contributed by atoms with Crippen LogP contribution in [-0.2, 0) is 13.0 Å². The van der Waals surface area contributed by atoms with Gasteiger partial charge in [0.05, 0.1) is 0 Å². The number of aromatic nitrogens is 2. The first kappa shape index (κ1) is 24.1. The lowest BCUT2D eigenvalue weighted by atomic mass is 9.97. The second-order valence-electron chi connectivity index (χ2n) is 10.00. The second-order valence-corrected chi connectivity index (χ2v) is 10.00. The quantitative estimate of drug-likeness (QED) is 0.662. The minimum Gasteiger partial charge on any atom is -0.369 e. The molecule has 32 heavy (non-hydrogen) atoms. The first-order valence-electron chi connectivity index (χ1n) is 11.5. The zero-order valence-corrected chi connectivity index (χ0v) is 20.2. The monoisotopic (exact) mass is 437 g/mol. The van der Waals surface area contributed by atoms with E-state index in [4.69, 9.17) is 0 Å². The van der Waals surface area contributed by atoms with E-state index >= 15 is 0 Å². The van der Waals surface area contributed by atoms with Gasteiger partial charge in [-0.1, -0.05) is 45.0 Å². The fourth-order valence-electron chi connectivity index (χ4n) is 3.61. The molecule has 0 unspecified atom stereocenters. The maximum atomic E-state index is 12.8. The summed E-state index contributed by atoms with van der Waals surface area (Å²) in [6, 6.07) is 8.75. The fraction of sp³-hybridized carbons (Fsp3) is 0.560. The van der Waals surface area contributed by atoms with Crippen molar-refractivity contribution in [1.82, 2.24) is 25.1 Å². The molecule has 2 aromatic rings. The van der Waals surface area contributed by atoms with E-state index in [0.29, 0.717) is 23.8 Å². The Hall–Kier alpha value is -2.51. The normalized spacial score (nSPS) is 15.5. The number of hydrogen-bond donors (Lipinski definition) is 2. The van der Waals surface area contributed by atoms with Gasteiger partial charge in [-0.05, 0) is 36.9 Å². The predicted octanol–water partition coefficient (Wildman–Crippen LogP) is 2.96. The van der Waals surface area contributed by atoms with Crippen LogP contribution in [0.2, 0.25) is 0 Å². The van der Waals surface area contributed by atoms with E-state index in [-0.39, 0.29) is 11.3 Å². The minimum atomic E-state index is -0.145. The molecule has 1 aromatic carbocycles. The zero-order valence-electron chi connectivity index (χ0n) is 20.2. The molecule has 0 atom stereocenters. The van der Waals surface area contributed by atoms with Gasteiger partial charge >= 0.3 is 0 Å². The van der Waals surface area contributed by atoms with Gasteiger partial charge in [0.1, 0.15) is 17.2 Å². The first-order valence-corrected chi connectivity index (χ1v) is 11.5.